The number of nitrogens with one attached hydrogen (secondary N) is 1. The molecule has 0 bridgehead atoms. The molecule has 0 radical (unpaired) electrons. The molecule has 1 rings (SSSR count). The van der Waals surface area contributed by atoms with Crippen LogP contribution in [0.15, 0.2) is 11.0 Å². The lowest BCUT2D eigenvalue weighted by Crippen LogP contribution is -1.88. The van der Waals surface area contributed by atoms with E-state index >= 15 is 0 Å². The summed E-state index contributed by atoms with van der Waals surface area (Å²) in [5, 5.41) is 0. The minimum Gasteiger partial charge on any atom is -0.263 e. The van der Waals surface area contributed by atoms with Crippen molar-refractivity contribution in [3.63, 3.8) is 0 Å². The van der Waals surface area contributed by atoms with Gasteiger partial charge in [-0.05, 0) is 32.0 Å². The number of thiophene rings is 1. The standard InChI is InChI=1S/C6H8ClNS2/c1-4-3-5(10-8-2)6(7)9-4/h3,8H,1-2H3. The van der Waals surface area contributed by atoms with E-state index < -0.39 is 0 Å². The summed E-state index contributed by atoms with van der Waals surface area (Å²) in [4.78, 5) is 2.37. The number of aryl methyl sites for hydroxylation is 1. The monoisotopic (exact) mass is 193 g/mol. The smallest absolute Gasteiger partial charge is 0.108 e. The van der Waals surface area contributed by atoms with Gasteiger partial charge in [0, 0.05) is 4.88 Å². The van der Waals surface area contributed by atoms with Crippen molar-refractivity contribution >= 4 is 34.9 Å². The number of halogens is 1. The third-order valence-electron chi connectivity index (χ3n) is 0.991. The van der Waals surface area contributed by atoms with Gasteiger partial charge >= 0.3 is 0 Å². The first-order valence-corrected chi connectivity index (χ1v) is 4.84. The highest BCUT2D eigenvalue weighted by atomic mass is 35.5. The SMILES string of the molecule is CNSc1cc(C)sc1Cl. The van der Waals surface area contributed by atoms with Crippen LogP contribution in [0.2, 0.25) is 4.34 Å². The lowest BCUT2D eigenvalue weighted by atomic mass is 10.5. The molecule has 1 N–H and O–H groups in total. The second-order valence-electron chi connectivity index (χ2n) is 1.80. The molecule has 1 aromatic heterocycles. The van der Waals surface area contributed by atoms with Gasteiger partial charge in [0.25, 0.3) is 0 Å². The summed E-state index contributed by atoms with van der Waals surface area (Å²) in [5.41, 5.74) is 0. The largest absolute Gasteiger partial charge is 0.263 e. The normalized spacial score (nSPS) is 10.3. The van der Waals surface area contributed by atoms with E-state index in [2.05, 4.69) is 17.7 Å². The first-order chi connectivity index (χ1) is 4.74. The number of hydrogen-bond donors (Lipinski definition) is 1. The fourth-order valence-electron chi connectivity index (χ4n) is 0.642. The highest BCUT2D eigenvalue weighted by Crippen LogP contribution is 2.32. The second-order valence-corrected chi connectivity index (χ2v) is 4.71. The van der Waals surface area contributed by atoms with E-state index in [9.17, 15) is 0 Å². The zero-order valence-corrected chi connectivity index (χ0v) is 8.16. The maximum atomic E-state index is 5.88. The van der Waals surface area contributed by atoms with E-state index in [1.807, 2.05) is 7.05 Å². The fourth-order valence-corrected chi connectivity index (χ4v) is 2.66. The molecule has 0 saturated carbocycles. The molecule has 1 nitrogen and oxygen atoms in total. The van der Waals surface area contributed by atoms with Gasteiger partial charge in [-0.1, -0.05) is 11.6 Å². The van der Waals surface area contributed by atoms with Crippen LogP contribution in [0.4, 0.5) is 0 Å². The average molecular weight is 194 g/mol. The van der Waals surface area contributed by atoms with E-state index in [4.69, 9.17) is 11.6 Å². The van der Waals surface area contributed by atoms with Gasteiger partial charge in [-0.2, -0.15) is 0 Å². The minimum atomic E-state index is 0.872. The van der Waals surface area contributed by atoms with Crippen molar-refractivity contribution in [2.45, 2.75) is 11.8 Å². The van der Waals surface area contributed by atoms with Crippen molar-refractivity contribution in [2.24, 2.45) is 0 Å². The number of hydrogen-bond acceptors (Lipinski definition) is 3. The van der Waals surface area contributed by atoms with E-state index in [1.54, 1.807) is 23.3 Å². The Bertz CT molecular complexity index is 222. The molecule has 10 heavy (non-hydrogen) atoms. The van der Waals surface area contributed by atoms with Crippen LogP contribution >= 0.6 is 34.9 Å². The summed E-state index contributed by atoms with van der Waals surface area (Å²) in [6.07, 6.45) is 0. The van der Waals surface area contributed by atoms with Crippen molar-refractivity contribution < 1.29 is 0 Å². The highest BCUT2D eigenvalue weighted by molar-refractivity contribution is 7.97. The predicted molar refractivity (Wildman–Crippen MR) is 49.0 cm³/mol. The summed E-state index contributed by atoms with van der Waals surface area (Å²) in [6.45, 7) is 2.05. The van der Waals surface area contributed by atoms with Crippen LogP contribution in [0.5, 0.6) is 0 Å². The molecule has 1 aromatic rings. The summed E-state index contributed by atoms with van der Waals surface area (Å²) in [7, 11) is 1.88. The van der Waals surface area contributed by atoms with Crippen molar-refractivity contribution in [3.8, 4) is 0 Å². The van der Waals surface area contributed by atoms with Gasteiger partial charge in [-0.3, -0.25) is 4.72 Å². The molecule has 0 aliphatic rings. The van der Waals surface area contributed by atoms with Gasteiger partial charge in [-0.15, -0.1) is 11.3 Å². The van der Waals surface area contributed by atoms with Crippen LogP contribution in [0.3, 0.4) is 0 Å². The second kappa shape index (κ2) is 3.62. The van der Waals surface area contributed by atoms with Crippen molar-refractivity contribution in [1.82, 2.24) is 4.72 Å². The highest BCUT2D eigenvalue weighted by Gasteiger charge is 2.02. The lowest BCUT2D eigenvalue weighted by molar-refractivity contribution is 1.28. The van der Waals surface area contributed by atoms with Crippen molar-refractivity contribution in [1.29, 1.82) is 0 Å². The Balaban J connectivity index is 2.81. The first kappa shape index (κ1) is 8.40. The van der Waals surface area contributed by atoms with Crippen LogP contribution < -0.4 is 4.72 Å². The van der Waals surface area contributed by atoms with Gasteiger partial charge in [0.2, 0.25) is 0 Å². The summed E-state index contributed by atoms with van der Waals surface area (Å²) in [5.74, 6) is 0. The Hall–Kier alpha value is 0.300. The summed E-state index contributed by atoms with van der Waals surface area (Å²) in [6, 6.07) is 2.08. The minimum absolute atomic E-state index is 0.872. The van der Waals surface area contributed by atoms with Gasteiger partial charge in [0.1, 0.15) is 4.34 Å². The van der Waals surface area contributed by atoms with Gasteiger partial charge in [-0.25, -0.2) is 0 Å². The Morgan fingerprint density at radius 1 is 1.70 bits per heavy atom. The molecular weight excluding hydrogens is 186 g/mol. The Labute approximate surface area is 73.9 Å². The molecule has 0 atom stereocenters. The van der Waals surface area contributed by atoms with E-state index in [-0.39, 0.29) is 0 Å². The molecule has 0 aliphatic carbocycles. The molecule has 1 heterocycles. The van der Waals surface area contributed by atoms with Crippen molar-refractivity contribution in [2.75, 3.05) is 7.05 Å². The molecule has 0 fully saturated rings. The molecular formula is C6H8ClNS2. The Kier molecular flexibility index (Phi) is 3.04. The quantitative estimate of drug-likeness (QED) is 0.725. The maximum Gasteiger partial charge on any atom is 0.108 e. The van der Waals surface area contributed by atoms with Crippen LogP contribution in [0.1, 0.15) is 4.88 Å². The van der Waals surface area contributed by atoms with Crippen LogP contribution in [-0.4, -0.2) is 7.05 Å². The predicted octanol–water partition coefficient (Wildman–Crippen LogP) is 2.94. The third-order valence-corrected chi connectivity index (χ3v) is 3.25. The average Bonchev–Trinajstić information content (AvgIpc) is 2.13. The molecule has 0 spiro atoms. The van der Waals surface area contributed by atoms with E-state index in [0.717, 1.165) is 9.23 Å². The van der Waals surface area contributed by atoms with Crippen LogP contribution in [0, 0.1) is 6.92 Å². The molecule has 0 saturated heterocycles. The molecule has 0 amide bonds. The van der Waals surface area contributed by atoms with Gasteiger partial charge in [0.05, 0.1) is 4.90 Å². The van der Waals surface area contributed by atoms with Crippen LogP contribution in [-0.2, 0) is 0 Å². The summed E-state index contributed by atoms with van der Waals surface area (Å²) < 4.78 is 3.85. The first-order valence-electron chi connectivity index (χ1n) is 2.83. The zero-order chi connectivity index (χ0) is 7.56. The van der Waals surface area contributed by atoms with Crippen LogP contribution in [0.25, 0.3) is 0 Å². The Morgan fingerprint density at radius 3 is 2.80 bits per heavy atom. The van der Waals surface area contributed by atoms with E-state index in [0.29, 0.717) is 0 Å². The van der Waals surface area contributed by atoms with Crippen molar-refractivity contribution in [3.05, 3.63) is 15.3 Å². The molecule has 0 aromatic carbocycles. The molecule has 0 unspecified atom stereocenters. The fraction of sp³-hybridized carbons (Fsp3) is 0.333. The lowest BCUT2D eigenvalue weighted by Gasteiger charge is -1.92. The zero-order valence-electron chi connectivity index (χ0n) is 5.77. The summed E-state index contributed by atoms with van der Waals surface area (Å²) >= 11 is 9.05. The van der Waals surface area contributed by atoms with E-state index in [1.165, 1.54) is 4.88 Å². The number of rotatable bonds is 2. The molecule has 4 heteroatoms. The van der Waals surface area contributed by atoms with Gasteiger partial charge in [0.15, 0.2) is 0 Å². The van der Waals surface area contributed by atoms with Gasteiger partial charge < -0.3 is 0 Å². The Morgan fingerprint density at radius 2 is 2.40 bits per heavy atom. The maximum absolute atomic E-state index is 5.88. The third kappa shape index (κ3) is 1.89. The topological polar surface area (TPSA) is 12.0 Å². The molecule has 0 aliphatic heterocycles. The molecule has 56 valence electrons.